The second kappa shape index (κ2) is 10.1. The number of urea groups is 1. The van der Waals surface area contributed by atoms with E-state index in [-0.39, 0.29) is 5.91 Å². The van der Waals surface area contributed by atoms with Crippen molar-refractivity contribution in [1.82, 2.24) is 10.2 Å². The Labute approximate surface area is 178 Å². The van der Waals surface area contributed by atoms with Gasteiger partial charge in [-0.05, 0) is 42.8 Å². The maximum Gasteiger partial charge on any atom is 0.312 e. The summed E-state index contributed by atoms with van der Waals surface area (Å²) in [4.78, 5) is 29.1. The first-order chi connectivity index (χ1) is 14.5. The molecule has 1 atom stereocenters. The van der Waals surface area contributed by atoms with E-state index in [1.807, 2.05) is 42.5 Å². The van der Waals surface area contributed by atoms with Crippen LogP contribution in [0.5, 0.6) is 0 Å². The molecule has 1 heterocycles. The molecular weight excluding hydrogens is 378 g/mol. The van der Waals surface area contributed by atoms with Gasteiger partial charge in [-0.2, -0.15) is 0 Å². The first-order valence-corrected chi connectivity index (χ1v) is 10.4. The van der Waals surface area contributed by atoms with Crippen molar-refractivity contribution >= 4 is 23.3 Å². The number of primary amides is 1. The number of carbonyl (C=O) groups is 2. The van der Waals surface area contributed by atoms with Gasteiger partial charge >= 0.3 is 6.03 Å². The summed E-state index contributed by atoms with van der Waals surface area (Å²) >= 11 is 0. The van der Waals surface area contributed by atoms with E-state index in [1.54, 1.807) is 0 Å². The molecule has 1 aliphatic rings. The molecule has 30 heavy (non-hydrogen) atoms. The van der Waals surface area contributed by atoms with Gasteiger partial charge in [0.2, 0.25) is 5.91 Å². The molecule has 0 aliphatic carbocycles. The number of piperazine rings is 1. The number of amides is 3. The highest BCUT2D eigenvalue weighted by Crippen LogP contribution is 2.25. The van der Waals surface area contributed by atoms with E-state index in [9.17, 15) is 9.59 Å². The molecule has 7 heteroatoms. The fourth-order valence-corrected chi connectivity index (χ4v) is 3.85. The Balaban J connectivity index is 1.67. The van der Waals surface area contributed by atoms with Gasteiger partial charge in [-0.25, -0.2) is 4.79 Å². The largest absolute Gasteiger partial charge is 0.369 e. The van der Waals surface area contributed by atoms with E-state index < -0.39 is 12.1 Å². The van der Waals surface area contributed by atoms with Crippen molar-refractivity contribution in [2.45, 2.75) is 26.3 Å². The number of nitrogens with two attached hydrogens (primary N) is 1. The van der Waals surface area contributed by atoms with Crippen molar-refractivity contribution in [2.24, 2.45) is 5.73 Å². The summed E-state index contributed by atoms with van der Waals surface area (Å²) in [6.07, 6.45) is 0.369. The highest BCUT2D eigenvalue weighted by atomic mass is 16.2. The van der Waals surface area contributed by atoms with Gasteiger partial charge in [0, 0.05) is 44.0 Å². The van der Waals surface area contributed by atoms with Gasteiger partial charge in [0.25, 0.3) is 0 Å². The minimum atomic E-state index is -0.744. The summed E-state index contributed by atoms with van der Waals surface area (Å²) in [5.74, 6) is -0.290. The lowest BCUT2D eigenvalue weighted by Crippen LogP contribution is -2.47. The van der Waals surface area contributed by atoms with Crippen LogP contribution >= 0.6 is 0 Å². The van der Waals surface area contributed by atoms with Gasteiger partial charge in [0.15, 0.2) is 0 Å². The van der Waals surface area contributed by atoms with Crippen molar-refractivity contribution < 1.29 is 9.59 Å². The van der Waals surface area contributed by atoms with Crippen LogP contribution in [0.4, 0.5) is 16.2 Å². The topological polar surface area (TPSA) is 90.7 Å². The third-order valence-corrected chi connectivity index (χ3v) is 5.54. The Bertz CT molecular complexity index is 863. The average molecular weight is 410 g/mol. The number of aryl methyl sites for hydroxylation is 1. The van der Waals surface area contributed by atoms with Crippen LogP contribution in [0.1, 0.15) is 18.1 Å². The van der Waals surface area contributed by atoms with Crippen LogP contribution in [-0.4, -0.2) is 55.6 Å². The first-order valence-electron chi connectivity index (χ1n) is 10.4. The number of rotatable bonds is 7. The van der Waals surface area contributed by atoms with E-state index in [0.29, 0.717) is 12.1 Å². The van der Waals surface area contributed by atoms with Crippen LogP contribution in [-0.2, 0) is 11.2 Å². The Kier molecular flexibility index (Phi) is 7.30. The Hall–Kier alpha value is -3.06. The second-order valence-electron chi connectivity index (χ2n) is 7.66. The predicted molar refractivity (Wildman–Crippen MR) is 121 cm³/mol. The van der Waals surface area contributed by atoms with Crippen molar-refractivity contribution in [3.63, 3.8) is 0 Å². The number of hydrogen-bond donors (Lipinski definition) is 3. The number of likely N-dealkylation sites (N-methyl/N-ethyl adjacent to an activating group) is 1. The molecule has 0 bridgehead atoms. The molecule has 3 amide bonds. The number of anilines is 2. The number of carbonyl (C=O) groups excluding carboxylic acids is 2. The quantitative estimate of drug-likeness (QED) is 0.655. The smallest absolute Gasteiger partial charge is 0.312 e. The number of nitrogens with zero attached hydrogens (tertiary/aromatic N) is 2. The molecule has 0 aromatic heterocycles. The predicted octanol–water partition coefficient (Wildman–Crippen LogP) is 2.36. The molecule has 7 nitrogen and oxygen atoms in total. The molecule has 4 N–H and O–H groups in total. The molecule has 0 radical (unpaired) electrons. The SMILES string of the molecule is CCN1CCN(c2ccc(NC(=O)[C@H](Cc3ccccc3)NC(N)=O)cc2C)CC1. The Morgan fingerprint density at radius 1 is 1.07 bits per heavy atom. The van der Waals surface area contributed by atoms with E-state index in [4.69, 9.17) is 5.73 Å². The van der Waals surface area contributed by atoms with Crippen molar-refractivity contribution in [2.75, 3.05) is 42.9 Å². The van der Waals surface area contributed by atoms with Crippen LogP contribution in [0, 0.1) is 6.92 Å². The maximum atomic E-state index is 12.8. The summed E-state index contributed by atoms with van der Waals surface area (Å²) < 4.78 is 0. The fourth-order valence-electron chi connectivity index (χ4n) is 3.85. The van der Waals surface area contributed by atoms with Gasteiger partial charge in [-0.15, -0.1) is 0 Å². The molecular formula is C23H31N5O2. The molecule has 1 fully saturated rings. The molecule has 2 aromatic rings. The number of hydrogen-bond acceptors (Lipinski definition) is 4. The lowest BCUT2D eigenvalue weighted by Gasteiger charge is -2.36. The van der Waals surface area contributed by atoms with Gasteiger partial charge in [-0.1, -0.05) is 37.3 Å². The Morgan fingerprint density at radius 2 is 1.77 bits per heavy atom. The number of nitrogens with one attached hydrogen (secondary N) is 2. The first kappa shape index (κ1) is 21.6. The lowest BCUT2D eigenvalue weighted by atomic mass is 10.0. The standard InChI is InChI=1S/C23H31N5O2/c1-3-27-11-13-28(14-12-27)21-10-9-19(15-17(21)2)25-22(29)20(26-23(24)30)16-18-7-5-4-6-8-18/h4-10,15,20H,3,11-14,16H2,1-2H3,(H,25,29)(H3,24,26,30)/t20-/m0/s1. The number of benzene rings is 2. The molecule has 0 unspecified atom stereocenters. The van der Waals surface area contributed by atoms with Crippen molar-refractivity contribution in [3.8, 4) is 0 Å². The van der Waals surface area contributed by atoms with Crippen LogP contribution < -0.4 is 21.3 Å². The monoisotopic (exact) mass is 409 g/mol. The third kappa shape index (κ3) is 5.73. The zero-order valence-electron chi connectivity index (χ0n) is 17.7. The van der Waals surface area contributed by atoms with Crippen molar-refractivity contribution in [1.29, 1.82) is 0 Å². The fraction of sp³-hybridized carbons (Fsp3) is 0.391. The zero-order valence-corrected chi connectivity index (χ0v) is 17.7. The van der Waals surface area contributed by atoms with E-state index in [0.717, 1.165) is 43.9 Å². The van der Waals surface area contributed by atoms with Crippen LogP contribution in [0.25, 0.3) is 0 Å². The van der Waals surface area contributed by atoms with Gasteiger partial charge < -0.3 is 26.2 Å². The van der Waals surface area contributed by atoms with Gasteiger partial charge in [0.05, 0.1) is 0 Å². The summed E-state index contributed by atoms with van der Waals surface area (Å²) in [6.45, 7) is 9.46. The van der Waals surface area contributed by atoms with Crippen LogP contribution in [0.2, 0.25) is 0 Å². The van der Waals surface area contributed by atoms with Crippen LogP contribution in [0.3, 0.4) is 0 Å². The Morgan fingerprint density at radius 3 is 2.37 bits per heavy atom. The van der Waals surface area contributed by atoms with E-state index in [2.05, 4.69) is 40.3 Å². The summed E-state index contributed by atoms with van der Waals surface area (Å²) in [7, 11) is 0. The molecule has 1 saturated heterocycles. The zero-order chi connectivity index (χ0) is 21.5. The maximum absolute atomic E-state index is 12.8. The molecule has 2 aromatic carbocycles. The highest BCUT2D eigenvalue weighted by molar-refractivity contribution is 5.97. The minimum absolute atomic E-state index is 0.290. The molecule has 1 aliphatic heterocycles. The summed E-state index contributed by atoms with van der Waals surface area (Å²) in [5.41, 5.74) is 9.25. The highest BCUT2D eigenvalue weighted by Gasteiger charge is 2.21. The van der Waals surface area contributed by atoms with E-state index in [1.165, 1.54) is 5.69 Å². The third-order valence-electron chi connectivity index (χ3n) is 5.54. The summed E-state index contributed by atoms with van der Waals surface area (Å²) in [6, 6.07) is 14.0. The molecule has 3 rings (SSSR count). The second-order valence-corrected chi connectivity index (χ2v) is 7.66. The normalized spacial score (nSPS) is 15.5. The minimum Gasteiger partial charge on any atom is -0.369 e. The molecule has 0 spiro atoms. The average Bonchev–Trinajstić information content (AvgIpc) is 2.74. The molecule has 160 valence electrons. The summed E-state index contributed by atoms with van der Waals surface area (Å²) in [5, 5.41) is 5.47. The lowest BCUT2D eigenvalue weighted by molar-refractivity contribution is -0.117. The van der Waals surface area contributed by atoms with Crippen molar-refractivity contribution in [3.05, 3.63) is 59.7 Å². The van der Waals surface area contributed by atoms with Crippen LogP contribution in [0.15, 0.2) is 48.5 Å². The van der Waals surface area contributed by atoms with Gasteiger partial charge in [0.1, 0.15) is 6.04 Å². The van der Waals surface area contributed by atoms with Gasteiger partial charge in [-0.3, -0.25) is 4.79 Å². The van der Waals surface area contributed by atoms with E-state index >= 15 is 0 Å². The molecule has 0 saturated carbocycles.